The largest absolute Gasteiger partial charge is 0.470 e. The Morgan fingerprint density at radius 1 is 0.731 bits per heavy atom. The van der Waals surface area contributed by atoms with Crippen LogP contribution in [0.5, 0.6) is 0 Å². The molecule has 0 bridgehead atoms. The van der Waals surface area contributed by atoms with Crippen LogP contribution in [-0.4, -0.2) is 35.4 Å². The van der Waals surface area contributed by atoms with Crippen LogP contribution in [-0.2, 0) is 18.6 Å². The van der Waals surface area contributed by atoms with Gasteiger partial charge in [0.2, 0.25) is 0 Å². The van der Waals surface area contributed by atoms with E-state index in [1.165, 1.54) is 77.0 Å². The molecule has 0 rings (SSSR count). The van der Waals surface area contributed by atoms with Gasteiger partial charge in [-0.3, -0.25) is 9.32 Å². The second-order valence-electron chi connectivity index (χ2n) is 6.95. The Balaban J connectivity index is 3.15. The Morgan fingerprint density at radius 3 is 1.58 bits per heavy atom. The molecule has 0 heterocycles. The third-order valence-corrected chi connectivity index (χ3v) is 4.76. The average Bonchev–Trinajstić information content (AvgIpc) is 2.59. The number of phosphoric acid groups is 1. The standard InChI is InChI=1S/C19H39O6P/c1-2-3-4-5-6-7-8-9-10-11-12-13-14-15-16-24-17-19(20)18-25-26(21,22)23/h2-18H2,1H3,(H2,21,22,23). The summed E-state index contributed by atoms with van der Waals surface area (Å²) in [5.41, 5.74) is 0. The summed E-state index contributed by atoms with van der Waals surface area (Å²) in [5.74, 6) is -0.460. The van der Waals surface area contributed by atoms with Gasteiger partial charge in [-0.1, -0.05) is 90.4 Å². The maximum atomic E-state index is 11.2. The molecule has 0 aromatic heterocycles. The lowest BCUT2D eigenvalue weighted by Crippen LogP contribution is -2.15. The van der Waals surface area contributed by atoms with Crippen LogP contribution in [0.4, 0.5) is 0 Å². The Hall–Kier alpha value is -0.260. The van der Waals surface area contributed by atoms with Gasteiger partial charge in [0.05, 0.1) is 0 Å². The lowest BCUT2D eigenvalue weighted by Gasteiger charge is -2.06. The van der Waals surface area contributed by atoms with E-state index in [4.69, 9.17) is 14.5 Å². The van der Waals surface area contributed by atoms with Crippen LogP contribution in [0.3, 0.4) is 0 Å². The molecule has 156 valence electrons. The fraction of sp³-hybridized carbons (Fsp3) is 0.947. The number of ether oxygens (including phenoxy) is 1. The van der Waals surface area contributed by atoms with Crippen molar-refractivity contribution in [1.29, 1.82) is 0 Å². The summed E-state index contributed by atoms with van der Waals surface area (Å²) in [6.07, 6.45) is 18.1. The summed E-state index contributed by atoms with van der Waals surface area (Å²) in [4.78, 5) is 28.2. The van der Waals surface area contributed by atoms with E-state index >= 15 is 0 Å². The smallest absolute Gasteiger partial charge is 0.374 e. The zero-order chi connectivity index (χ0) is 19.5. The van der Waals surface area contributed by atoms with E-state index in [-0.39, 0.29) is 6.61 Å². The topological polar surface area (TPSA) is 93.1 Å². The lowest BCUT2D eigenvalue weighted by molar-refractivity contribution is -0.126. The molecule has 2 N–H and O–H groups in total. The number of hydrogen-bond donors (Lipinski definition) is 2. The van der Waals surface area contributed by atoms with Gasteiger partial charge in [-0.05, 0) is 6.42 Å². The summed E-state index contributed by atoms with van der Waals surface area (Å²) in [6, 6.07) is 0. The molecule has 0 unspecified atom stereocenters. The first-order valence-corrected chi connectivity index (χ1v) is 11.8. The molecule has 0 amide bonds. The van der Waals surface area contributed by atoms with Gasteiger partial charge in [-0.2, -0.15) is 0 Å². The number of unbranched alkanes of at least 4 members (excludes halogenated alkanes) is 13. The molecular weight excluding hydrogens is 355 g/mol. The zero-order valence-electron chi connectivity index (χ0n) is 16.5. The van der Waals surface area contributed by atoms with E-state index in [2.05, 4.69) is 11.4 Å². The molecule has 7 heteroatoms. The molecule has 0 aliphatic heterocycles. The Kier molecular flexibility index (Phi) is 17.9. The maximum Gasteiger partial charge on any atom is 0.470 e. The fourth-order valence-electron chi connectivity index (χ4n) is 2.78. The third-order valence-electron chi connectivity index (χ3n) is 4.30. The highest BCUT2D eigenvalue weighted by Crippen LogP contribution is 2.35. The highest BCUT2D eigenvalue weighted by Gasteiger charge is 2.16. The fourth-order valence-corrected chi connectivity index (χ4v) is 3.09. The van der Waals surface area contributed by atoms with Gasteiger partial charge in [0.1, 0.15) is 13.2 Å². The Labute approximate surface area is 159 Å². The van der Waals surface area contributed by atoms with Gasteiger partial charge in [0.25, 0.3) is 0 Å². The highest BCUT2D eigenvalue weighted by atomic mass is 31.2. The molecular formula is C19H39O6P. The van der Waals surface area contributed by atoms with Crippen molar-refractivity contribution < 1.29 is 28.4 Å². The minimum absolute atomic E-state index is 0.154. The molecule has 0 fully saturated rings. The van der Waals surface area contributed by atoms with Crippen LogP contribution in [0, 0.1) is 0 Å². The molecule has 26 heavy (non-hydrogen) atoms. The van der Waals surface area contributed by atoms with Crippen molar-refractivity contribution >= 4 is 13.6 Å². The number of rotatable bonds is 20. The summed E-state index contributed by atoms with van der Waals surface area (Å²) in [5, 5.41) is 0. The maximum absolute atomic E-state index is 11.2. The molecule has 0 aromatic rings. The Morgan fingerprint density at radius 2 is 1.15 bits per heavy atom. The monoisotopic (exact) mass is 394 g/mol. The zero-order valence-corrected chi connectivity index (χ0v) is 17.4. The van der Waals surface area contributed by atoms with Crippen LogP contribution in [0.1, 0.15) is 96.8 Å². The van der Waals surface area contributed by atoms with Crippen molar-refractivity contribution in [2.24, 2.45) is 0 Å². The summed E-state index contributed by atoms with van der Waals surface area (Å²) < 4.78 is 19.7. The second kappa shape index (κ2) is 18.1. The summed E-state index contributed by atoms with van der Waals surface area (Å²) in [6.45, 7) is 1.99. The molecule has 0 radical (unpaired) electrons. The number of carbonyl (C=O) groups is 1. The van der Waals surface area contributed by atoms with Crippen molar-refractivity contribution in [1.82, 2.24) is 0 Å². The molecule has 0 saturated heterocycles. The lowest BCUT2D eigenvalue weighted by atomic mass is 10.0. The minimum atomic E-state index is -4.57. The van der Waals surface area contributed by atoms with Crippen LogP contribution in [0.2, 0.25) is 0 Å². The van der Waals surface area contributed by atoms with Gasteiger partial charge in [-0.25, -0.2) is 4.57 Å². The SMILES string of the molecule is CCCCCCCCCCCCCCCCOCC(=O)COP(=O)(O)O. The first-order chi connectivity index (χ1) is 12.5. The minimum Gasteiger partial charge on any atom is -0.374 e. The van der Waals surface area contributed by atoms with Crippen LogP contribution in [0.25, 0.3) is 0 Å². The molecule has 0 atom stereocenters. The second-order valence-corrected chi connectivity index (χ2v) is 8.19. The third kappa shape index (κ3) is 21.8. The van der Waals surface area contributed by atoms with Crippen LogP contribution >= 0.6 is 7.82 Å². The molecule has 0 aliphatic carbocycles. The summed E-state index contributed by atoms with van der Waals surface area (Å²) >= 11 is 0. The molecule has 0 saturated carbocycles. The molecule has 6 nitrogen and oxygen atoms in total. The number of ketones is 1. The van der Waals surface area contributed by atoms with E-state index in [1.807, 2.05) is 0 Å². The van der Waals surface area contributed by atoms with E-state index in [9.17, 15) is 9.36 Å². The van der Waals surface area contributed by atoms with Crippen LogP contribution < -0.4 is 0 Å². The van der Waals surface area contributed by atoms with Gasteiger partial charge >= 0.3 is 7.82 Å². The van der Waals surface area contributed by atoms with E-state index in [0.717, 1.165) is 12.8 Å². The highest BCUT2D eigenvalue weighted by molar-refractivity contribution is 7.46. The van der Waals surface area contributed by atoms with Gasteiger partial charge in [-0.15, -0.1) is 0 Å². The molecule has 0 spiro atoms. The molecule has 0 aromatic carbocycles. The number of phosphoric ester groups is 1. The first-order valence-electron chi connectivity index (χ1n) is 10.2. The van der Waals surface area contributed by atoms with E-state index in [1.54, 1.807) is 0 Å². The van der Waals surface area contributed by atoms with Crippen molar-refractivity contribution in [3.8, 4) is 0 Å². The van der Waals surface area contributed by atoms with E-state index < -0.39 is 20.2 Å². The van der Waals surface area contributed by atoms with E-state index in [0.29, 0.717) is 6.61 Å². The Bertz CT molecular complexity index is 369. The van der Waals surface area contributed by atoms with Gasteiger partial charge in [0, 0.05) is 6.61 Å². The van der Waals surface area contributed by atoms with Crippen molar-refractivity contribution in [2.75, 3.05) is 19.8 Å². The average molecular weight is 394 g/mol. The van der Waals surface area contributed by atoms with Crippen LogP contribution in [0.15, 0.2) is 0 Å². The van der Waals surface area contributed by atoms with Crippen molar-refractivity contribution in [2.45, 2.75) is 96.8 Å². The normalized spacial score (nSPS) is 11.8. The quantitative estimate of drug-likeness (QED) is 0.219. The predicted octanol–water partition coefficient (Wildman–Crippen LogP) is 5.16. The molecule has 0 aliphatic rings. The number of Topliss-reactive ketones (excluding diaryl/α,β-unsaturated/α-hetero) is 1. The number of carbonyl (C=O) groups excluding carboxylic acids is 1. The predicted molar refractivity (Wildman–Crippen MR) is 104 cm³/mol. The van der Waals surface area contributed by atoms with Gasteiger partial charge in [0.15, 0.2) is 5.78 Å². The number of hydrogen-bond acceptors (Lipinski definition) is 4. The van der Waals surface area contributed by atoms with Gasteiger partial charge < -0.3 is 14.5 Å². The van der Waals surface area contributed by atoms with Crippen molar-refractivity contribution in [3.05, 3.63) is 0 Å². The summed E-state index contributed by atoms with van der Waals surface area (Å²) in [7, 11) is -4.57. The van der Waals surface area contributed by atoms with Crippen molar-refractivity contribution in [3.63, 3.8) is 0 Å². The first kappa shape index (κ1) is 25.7.